The molecule has 2 atom stereocenters. The van der Waals surface area contributed by atoms with Crippen LogP contribution >= 0.6 is 0 Å². The van der Waals surface area contributed by atoms with Crippen molar-refractivity contribution in [2.24, 2.45) is 0 Å². The maximum absolute atomic E-state index is 5.42. The van der Waals surface area contributed by atoms with E-state index >= 15 is 0 Å². The van der Waals surface area contributed by atoms with Crippen molar-refractivity contribution >= 4 is 46.4 Å². The van der Waals surface area contributed by atoms with Crippen molar-refractivity contribution in [1.82, 2.24) is 19.9 Å². The summed E-state index contributed by atoms with van der Waals surface area (Å²) >= 11 is 0. The van der Waals surface area contributed by atoms with Crippen LogP contribution in [0.1, 0.15) is 279 Å². The summed E-state index contributed by atoms with van der Waals surface area (Å²) in [5.74, 6) is 0.967. The molecule has 2 N–H and O–H groups in total. The zero-order valence-corrected chi connectivity index (χ0v) is 40.5. The Balaban J connectivity index is 1.49. The van der Waals surface area contributed by atoms with Crippen molar-refractivity contribution in [3.05, 3.63) is 70.3 Å². The van der Waals surface area contributed by atoms with E-state index in [0.717, 1.165) is 33.8 Å². The number of unbranched alkanes of at least 4 members (excludes halogenated alkanes) is 24. The molecule has 0 aromatic carbocycles. The van der Waals surface area contributed by atoms with Crippen LogP contribution in [0.3, 0.4) is 0 Å². The molecule has 0 radical (unpaired) electrons. The van der Waals surface area contributed by atoms with Crippen LogP contribution < -0.4 is 0 Å². The number of aromatic nitrogens is 4. The predicted molar refractivity (Wildman–Crippen MR) is 275 cm³/mol. The van der Waals surface area contributed by atoms with E-state index < -0.39 is 0 Å². The normalized spacial score (nSPS) is 13.4. The van der Waals surface area contributed by atoms with Crippen LogP contribution in [0.2, 0.25) is 0 Å². The fourth-order valence-electron chi connectivity index (χ4n) is 10.2. The molecule has 3 aromatic rings. The van der Waals surface area contributed by atoms with Gasteiger partial charge in [0.2, 0.25) is 0 Å². The lowest BCUT2D eigenvalue weighted by Crippen LogP contribution is -2.03. The number of rotatable bonds is 34. The van der Waals surface area contributed by atoms with Crippen molar-refractivity contribution in [2.45, 2.75) is 245 Å². The van der Waals surface area contributed by atoms with Crippen molar-refractivity contribution in [2.75, 3.05) is 0 Å². The molecule has 0 saturated heterocycles. The number of nitrogens with zero attached hydrogens (tertiary/aromatic N) is 2. The highest BCUT2D eigenvalue weighted by atomic mass is 14.8. The quantitative estimate of drug-likeness (QED) is 0.0405. The average Bonchev–Trinajstić information content (AvgIpc) is 4.12. The van der Waals surface area contributed by atoms with Crippen LogP contribution in [0.25, 0.3) is 46.4 Å². The molecule has 5 heterocycles. The Morgan fingerprint density at radius 3 is 0.952 bits per heavy atom. The van der Waals surface area contributed by atoms with E-state index in [-0.39, 0.29) is 0 Å². The van der Waals surface area contributed by atoms with Crippen LogP contribution in [-0.4, -0.2) is 19.9 Å². The number of nitrogens with one attached hydrogen (secondary N) is 2. The number of aromatic amines is 2. The predicted octanol–water partition coefficient (Wildman–Crippen LogP) is 19.4. The molecule has 0 spiro atoms. The van der Waals surface area contributed by atoms with E-state index in [9.17, 15) is 0 Å². The summed E-state index contributed by atoms with van der Waals surface area (Å²) in [6.45, 7) is 9.26. The first-order valence-electron chi connectivity index (χ1n) is 26.7. The van der Waals surface area contributed by atoms with Gasteiger partial charge in [-0.3, -0.25) is 0 Å². The molecule has 2 aliphatic heterocycles. The molecule has 8 bridgehead atoms. The maximum Gasteiger partial charge on any atom is 0.0693 e. The monoisotopic (exact) mass is 843 g/mol. The van der Waals surface area contributed by atoms with Gasteiger partial charge in [-0.05, 0) is 98.2 Å². The molecule has 4 heteroatoms. The minimum absolute atomic E-state index is 0.483. The summed E-state index contributed by atoms with van der Waals surface area (Å²) in [5.41, 5.74) is 11.9. The smallest absolute Gasteiger partial charge is 0.0693 e. The molecule has 0 aliphatic carbocycles. The van der Waals surface area contributed by atoms with Crippen LogP contribution in [0.15, 0.2) is 36.4 Å². The number of H-pyrrole nitrogens is 2. The van der Waals surface area contributed by atoms with E-state index in [1.165, 1.54) is 228 Å². The average molecular weight is 843 g/mol. The largest absolute Gasteiger partial charge is 0.355 e. The van der Waals surface area contributed by atoms with Gasteiger partial charge < -0.3 is 9.97 Å². The van der Waals surface area contributed by atoms with Gasteiger partial charge in [0.05, 0.1) is 22.8 Å². The minimum Gasteiger partial charge on any atom is -0.355 e. The highest BCUT2D eigenvalue weighted by molar-refractivity contribution is 5.81. The Kier molecular flexibility index (Phi) is 23.9. The van der Waals surface area contributed by atoms with Gasteiger partial charge in [0.1, 0.15) is 0 Å². The first kappa shape index (κ1) is 49.6. The van der Waals surface area contributed by atoms with Gasteiger partial charge in [-0.2, -0.15) is 0 Å². The van der Waals surface area contributed by atoms with Crippen molar-refractivity contribution in [3.63, 3.8) is 0 Å². The molecule has 0 amide bonds. The third-order valence-corrected chi connectivity index (χ3v) is 13.9. The van der Waals surface area contributed by atoms with Crippen LogP contribution in [0.4, 0.5) is 0 Å². The summed E-state index contributed by atoms with van der Waals surface area (Å²) in [4.78, 5) is 18.7. The summed E-state index contributed by atoms with van der Waals surface area (Å²) in [6.07, 6.45) is 51.8. The zero-order valence-electron chi connectivity index (χ0n) is 40.5. The van der Waals surface area contributed by atoms with E-state index in [4.69, 9.17) is 9.97 Å². The second-order valence-electron chi connectivity index (χ2n) is 19.3. The second kappa shape index (κ2) is 29.9. The summed E-state index contributed by atoms with van der Waals surface area (Å²) in [7, 11) is 0. The molecular weight excluding hydrogens is 753 g/mol. The molecule has 0 saturated carbocycles. The second-order valence-corrected chi connectivity index (χ2v) is 19.3. The molecule has 2 aliphatic rings. The van der Waals surface area contributed by atoms with Gasteiger partial charge >= 0.3 is 0 Å². The lowest BCUT2D eigenvalue weighted by molar-refractivity contribution is 0.485. The van der Waals surface area contributed by atoms with Gasteiger partial charge in [-0.1, -0.05) is 207 Å². The first-order chi connectivity index (χ1) is 30.6. The molecule has 5 rings (SSSR count). The third-order valence-electron chi connectivity index (χ3n) is 13.9. The van der Waals surface area contributed by atoms with E-state index in [1.807, 2.05) is 0 Å². The van der Waals surface area contributed by atoms with E-state index in [1.54, 1.807) is 0 Å². The van der Waals surface area contributed by atoms with Crippen LogP contribution in [-0.2, 0) is 0 Å². The Morgan fingerprint density at radius 2 is 0.645 bits per heavy atom. The first-order valence-corrected chi connectivity index (χ1v) is 26.7. The highest BCUT2D eigenvalue weighted by Crippen LogP contribution is 2.37. The number of hydrogen-bond acceptors (Lipinski definition) is 2. The van der Waals surface area contributed by atoms with Gasteiger partial charge in [-0.15, -0.1) is 0 Å². The topological polar surface area (TPSA) is 57.4 Å². The molecule has 3 aromatic heterocycles. The Hall–Kier alpha value is -3.40. The van der Waals surface area contributed by atoms with Crippen LogP contribution in [0, 0.1) is 0 Å². The molecule has 2 unspecified atom stereocenters. The maximum atomic E-state index is 5.42. The van der Waals surface area contributed by atoms with E-state index in [0.29, 0.717) is 11.8 Å². The third kappa shape index (κ3) is 17.3. The fourth-order valence-corrected chi connectivity index (χ4v) is 10.2. The van der Waals surface area contributed by atoms with Gasteiger partial charge in [-0.25, -0.2) is 9.97 Å². The molecule has 62 heavy (non-hydrogen) atoms. The van der Waals surface area contributed by atoms with E-state index in [2.05, 4.69) is 98.4 Å². The minimum atomic E-state index is 0.483. The Labute approximate surface area is 380 Å². The number of hydrogen-bond donors (Lipinski definition) is 2. The Bertz CT molecular complexity index is 1750. The SMILES string of the molecule is CCCCCCCCCCC(CCCCCCCC)c1c2nc(cc3ccc([nH]3)c(C(CCCCCCCC)CCCCCCCCCC)c3nc(cc4ccc1[nH]4)C=C3)C=C2. The lowest BCUT2D eigenvalue weighted by atomic mass is 9.87. The summed E-state index contributed by atoms with van der Waals surface area (Å²) < 4.78 is 0. The van der Waals surface area contributed by atoms with Gasteiger partial charge in [0, 0.05) is 33.2 Å². The Morgan fingerprint density at radius 1 is 0.355 bits per heavy atom. The molecule has 4 nitrogen and oxygen atoms in total. The zero-order chi connectivity index (χ0) is 43.5. The van der Waals surface area contributed by atoms with Crippen LogP contribution in [0.5, 0.6) is 0 Å². The van der Waals surface area contributed by atoms with Crippen molar-refractivity contribution < 1.29 is 0 Å². The molecular formula is C58H90N4. The molecule has 0 fully saturated rings. The fraction of sp³-hybridized carbons (Fsp3) is 0.655. The highest BCUT2D eigenvalue weighted by Gasteiger charge is 2.21. The van der Waals surface area contributed by atoms with Gasteiger partial charge in [0.15, 0.2) is 0 Å². The molecule has 342 valence electrons. The number of fused-ring (bicyclic) bond motifs is 8. The van der Waals surface area contributed by atoms with Crippen molar-refractivity contribution in [1.29, 1.82) is 0 Å². The summed E-state index contributed by atoms with van der Waals surface area (Å²) in [5, 5.41) is 0. The summed E-state index contributed by atoms with van der Waals surface area (Å²) in [6, 6.07) is 13.8. The standard InChI is InChI=1S/C58H90N4/c1-5-9-13-17-21-23-27-31-35-47(33-29-25-19-15-11-7-3)57-53-41-37-49(59-53)45-51-39-43-55(61-51)58(56-44-40-52(62-56)46-50-38-42-54(57)60-50)48(34-30-26-20-16-12-8-4)36-32-28-24-22-18-14-10-6-2/h37-48,59,62H,5-36H2,1-4H3. The van der Waals surface area contributed by atoms with Crippen molar-refractivity contribution in [3.8, 4) is 0 Å². The van der Waals surface area contributed by atoms with Gasteiger partial charge in [0.25, 0.3) is 0 Å². The lowest BCUT2D eigenvalue weighted by Gasteiger charge is -2.19.